The maximum absolute atomic E-state index is 12.3. The number of hydrogen-bond acceptors (Lipinski definition) is 5. The Bertz CT molecular complexity index is 587. The molecule has 0 spiro atoms. The zero-order valence-corrected chi connectivity index (χ0v) is 10.9. The number of carbonyl (C=O) groups is 2. The van der Waals surface area contributed by atoms with Crippen molar-refractivity contribution in [2.24, 2.45) is 0 Å². The van der Waals surface area contributed by atoms with E-state index in [-0.39, 0.29) is 11.6 Å². The summed E-state index contributed by atoms with van der Waals surface area (Å²) in [6.07, 6.45) is 2.55. The first-order chi connectivity index (χ1) is 9.41. The molecule has 0 aromatic carbocycles. The van der Waals surface area contributed by atoms with Crippen molar-refractivity contribution in [3.63, 3.8) is 0 Å². The van der Waals surface area contributed by atoms with Crippen LogP contribution >= 0.6 is 11.6 Å². The van der Waals surface area contributed by atoms with Gasteiger partial charge in [0.1, 0.15) is 12.1 Å². The molecule has 1 amide bonds. The fraction of sp³-hybridized carbons (Fsp3) is 0.364. The number of aromatic nitrogens is 1. The molecule has 20 heavy (non-hydrogen) atoms. The van der Waals surface area contributed by atoms with E-state index in [0.717, 1.165) is 4.90 Å². The number of halogens is 1. The van der Waals surface area contributed by atoms with E-state index in [0.29, 0.717) is 12.8 Å². The van der Waals surface area contributed by atoms with Crippen molar-refractivity contribution in [3.8, 4) is 0 Å². The first kappa shape index (κ1) is 14.2. The molecule has 0 saturated heterocycles. The summed E-state index contributed by atoms with van der Waals surface area (Å²) in [5.41, 5.74) is -0.849. The van der Waals surface area contributed by atoms with Gasteiger partial charge in [0.15, 0.2) is 0 Å². The van der Waals surface area contributed by atoms with E-state index >= 15 is 0 Å². The van der Waals surface area contributed by atoms with Crippen LogP contribution in [0.2, 0.25) is 5.15 Å². The van der Waals surface area contributed by atoms with Crippen molar-refractivity contribution in [2.45, 2.75) is 18.9 Å². The third kappa shape index (κ3) is 2.85. The topological polar surface area (TPSA) is 114 Å². The lowest BCUT2D eigenvalue weighted by molar-refractivity contribution is -0.385. The van der Waals surface area contributed by atoms with Gasteiger partial charge >= 0.3 is 11.7 Å². The standard InChI is InChI=1S/C11H10ClN3O5/c12-10-9(15(19)20)7(3-4-13-10)11(18)14(5-8(16)17)6-1-2-6/h3-4,6H,1-2,5H2,(H,16,17). The Hall–Kier alpha value is -2.22. The van der Waals surface area contributed by atoms with Crippen molar-refractivity contribution >= 4 is 29.2 Å². The van der Waals surface area contributed by atoms with Gasteiger partial charge in [-0.1, -0.05) is 11.6 Å². The molecule has 0 atom stereocenters. The number of amides is 1. The Kier molecular flexibility index (Phi) is 3.84. The molecule has 0 unspecified atom stereocenters. The van der Waals surface area contributed by atoms with Gasteiger partial charge in [-0.05, 0) is 18.9 Å². The number of rotatable bonds is 5. The van der Waals surface area contributed by atoms with Gasteiger partial charge in [-0.15, -0.1) is 0 Å². The third-order valence-electron chi connectivity index (χ3n) is 2.85. The summed E-state index contributed by atoms with van der Waals surface area (Å²) in [6.45, 7) is -0.499. The van der Waals surface area contributed by atoms with Crippen LogP contribution in [-0.4, -0.2) is 44.4 Å². The number of aliphatic carboxylic acids is 1. The molecule has 1 aliphatic rings. The zero-order valence-electron chi connectivity index (χ0n) is 10.2. The maximum Gasteiger partial charge on any atom is 0.323 e. The summed E-state index contributed by atoms with van der Waals surface area (Å²) in [5, 5.41) is 19.4. The highest BCUT2D eigenvalue weighted by molar-refractivity contribution is 6.32. The van der Waals surface area contributed by atoms with Crippen LogP contribution in [0.25, 0.3) is 0 Å². The minimum Gasteiger partial charge on any atom is -0.480 e. The first-order valence-electron chi connectivity index (χ1n) is 5.73. The predicted octanol–water partition coefficient (Wildman–Crippen LogP) is 1.33. The average Bonchev–Trinajstić information content (AvgIpc) is 3.18. The van der Waals surface area contributed by atoms with Crippen LogP contribution in [0.15, 0.2) is 12.3 Å². The van der Waals surface area contributed by atoms with Gasteiger partial charge in [-0.2, -0.15) is 0 Å². The Morgan fingerprint density at radius 1 is 1.55 bits per heavy atom. The SMILES string of the molecule is O=C(O)CN(C(=O)c1ccnc(Cl)c1[N+](=O)[O-])C1CC1. The summed E-state index contributed by atoms with van der Waals surface area (Å²) in [7, 11) is 0. The van der Waals surface area contributed by atoms with Crippen LogP contribution in [0.5, 0.6) is 0 Å². The molecular weight excluding hydrogens is 290 g/mol. The predicted molar refractivity (Wildman–Crippen MR) is 67.6 cm³/mol. The van der Waals surface area contributed by atoms with Crippen LogP contribution in [0.1, 0.15) is 23.2 Å². The Morgan fingerprint density at radius 3 is 2.70 bits per heavy atom. The highest BCUT2D eigenvalue weighted by atomic mass is 35.5. The van der Waals surface area contributed by atoms with Gasteiger partial charge in [0.05, 0.1) is 4.92 Å². The van der Waals surface area contributed by atoms with Gasteiger partial charge in [0.25, 0.3) is 5.91 Å². The molecule has 9 heteroatoms. The number of carboxylic acids is 1. The second kappa shape index (κ2) is 5.41. The lowest BCUT2D eigenvalue weighted by Gasteiger charge is -2.20. The average molecular weight is 300 g/mol. The minimum absolute atomic E-state index is 0.190. The van der Waals surface area contributed by atoms with E-state index in [1.807, 2.05) is 0 Å². The second-order valence-corrected chi connectivity index (χ2v) is 4.67. The summed E-state index contributed by atoms with van der Waals surface area (Å²) in [5.74, 6) is -1.89. The molecule has 1 aliphatic carbocycles. The first-order valence-corrected chi connectivity index (χ1v) is 6.11. The lowest BCUT2D eigenvalue weighted by Crippen LogP contribution is -2.37. The van der Waals surface area contributed by atoms with Crippen LogP contribution < -0.4 is 0 Å². The number of carboxylic acid groups (broad SMARTS) is 1. The zero-order chi connectivity index (χ0) is 14.9. The van der Waals surface area contributed by atoms with Gasteiger partial charge in [-0.3, -0.25) is 19.7 Å². The van der Waals surface area contributed by atoms with E-state index in [4.69, 9.17) is 16.7 Å². The van der Waals surface area contributed by atoms with Crippen molar-refractivity contribution in [2.75, 3.05) is 6.54 Å². The second-order valence-electron chi connectivity index (χ2n) is 4.31. The van der Waals surface area contributed by atoms with Gasteiger partial charge in [0.2, 0.25) is 5.15 Å². The van der Waals surface area contributed by atoms with Gasteiger partial charge in [-0.25, -0.2) is 4.98 Å². The van der Waals surface area contributed by atoms with Gasteiger partial charge < -0.3 is 10.0 Å². The normalized spacial score (nSPS) is 13.8. The van der Waals surface area contributed by atoms with E-state index in [1.165, 1.54) is 12.3 Å². The van der Waals surface area contributed by atoms with E-state index in [2.05, 4.69) is 4.98 Å². The number of pyridine rings is 1. The van der Waals surface area contributed by atoms with E-state index in [1.54, 1.807) is 0 Å². The van der Waals surface area contributed by atoms with Gasteiger partial charge in [0, 0.05) is 12.2 Å². The van der Waals surface area contributed by atoms with Crippen molar-refractivity contribution in [3.05, 3.63) is 33.1 Å². The molecule has 0 radical (unpaired) electrons. The molecule has 0 bridgehead atoms. The molecular formula is C11H10ClN3O5. The molecule has 1 aromatic heterocycles. The van der Waals surface area contributed by atoms with Crippen molar-refractivity contribution < 1.29 is 19.6 Å². The summed E-state index contributed by atoms with van der Waals surface area (Å²) >= 11 is 5.63. The van der Waals surface area contributed by atoms with Crippen LogP contribution in [0, 0.1) is 10.1 Å². The number of nitro groups is 1. The monoisotopic (exact) mass is 299 g/mol. The Labute approximate surface area is 118 Å². The summed E-state index contributed by atoms with van der Waals surface area (Å²) in [6, 6.07) is 0.981. The molecule has 1 fully saturated rings. The maximum atomic E-state index is 12.3. The lowest BCUT2D eigenvalue weighted by atomic mass is 10.2. The smallest absolute Gasteiger partial charge is 0.323 e. The fourth-order valence-electron chi connectivity index (χ4n) is 1.83. The Morgan fingerprint density at radius 2 is 2.20 bits per heavy atom. The minimum atomic E-state index is -1.17. The largest absolute Gasteiger partial charge is 0.480 e. The third-order valence-corrected chi connectivity index (χ3v) is 3.12. The molecule has 106 valence electrons. The summed E-state index contributed by atoms with van der Waals surface area (Å²) in [4.78, 5) is 38.0. The molecule has 0 aliphatic heterocycles. The fourth-order valence-corrected chi connectivity index (χ4v) is 2.06. The molecule has 1 aromatic rings. The van der Waals surface area contributed by atoms with Crippen LogP contribution in [-0.2, 0) is 4.79 Å². The molecule has 1 N–H and O–H groups in total. The van der Waals surface area contributed by atoms with Crippen molar-refractivity contribution in [1.82, 2.24) is 9.88 Å². The van der Waals surface area contributed by atoms with Crippen LogP contribution in [0.4, 0.5) is 5.69 Å². The molecule has 1 heterocycles. The number of nitrogens with zero attached hydrogens (tertiary/aromatic N) is 3. The van der Waals surface area contributed by atoms with E-state index < -0.39 is 34.2 Å². The quantitative estimate of drug-likeness (QED) is 0.498. The number of hydrogen-bond donors (Lipinski definition) is 1. The Balaban J connectivity index is 2.39. The van der Waals surface area contributed by atoms with Crippen LogP contribution in [0.3, 0.4) is 0 Å². The summed E-state index contributed by atoms with van der Waals surface area (Å²) < 4.78 is 0. The number of carbonyl (C=O) groups excluding carboxylic acids is 1. The highest BCUT2D eigenvalue weighted by Crippen LogP contribution is 2.32. The molecule has 1 saturated carbocycles. The molecule has 8 nitrogen and oxygen atoms in total. The van der Waals surface area contributed by atoms with Crippen molar-refractivity contribution in [1.29, 1.82) is 0 Å². The molecule has 2 rings (SSSR count). The van der Waals surface area contributed by atoms with E-state index in [9.17, 15) is 19.7 Å². The highest BCUT2D eigenvalue weighted by Gasteiger charge is 2.37.